The lowest BCUT2D eigenvalue weighted by Gasteiger charge is -2.20. The summed E-state index contributed by atoms with van der Waals surface area (Å²) < 4.78 is 27.6. The fraction of sp³-hybridized carbons (Fsp3) is 0.409. The van der Waals surface area contributed by atoms with E-state index >= 15 is 0 Å². The van der Waals surface area contributed by atoms with Crippen LogP contribution in [-0.2, 0) is 16.6 Å². The monoisotopic (exact) mass is 400 g/mol. The van der Waals surface area contributed by atoms with E-state index in [9.17, 15) is 13.2 Å². The number of hydrogen-bond acceptors (Lipinski definition) is 3. The number of benzene rings is 2. The van der Waals surface area contributed by atoms with E-state index in [1.165, 1.54) is 6.07 Å². The van der Waals surface area contributed by atoms with Crippen molar-refractivity contribution in [2.45, 2.75) is 51.0 Å². The van der Waals surface area contributed by atoms with Crippen molar-refractivity contribution >= 4 is 15.9 Å². The number of aryl methyl sites for hydroxylation is 2. The second-order valence-corrected chi connectivity index (χ2v) is 9.40. The molecule has 150 valence electrons. The van der Waals surface area contributed by atoms with E-state index in [1.807, 2.05) is 38.1 Å². The van der Waals surface area contributed by atoms with Gasteiger partial charge in [0.05, 0.1) is 4.90 Å². The van der Waals surface area contributed by atoms with Gasteiger partial charge in [-0.1, -0.05) is 48.7 Å². The van der Waals surface area contributed by atoms with Crippen molar-refractivity contribution in [2.24, 2.45) is 0 Å². The Labute approximate surface area is 167 Å². The number of hydrogen-bond donors (Lipinski definition) is 1. The molecule has 1 fully saturated rings. The van der Waals surface area contributed by atoms with Crippen LogP contribution in [0.4, 0.5) is 0 Å². The maximum atomic E-state index is 13.0. The number of nitrogens with zero attached hydrogens (tertiary/aromatic N) is 1. The number of carbonyl (C=O) groups is 1. The SMILES string of the molecule is Cc1ccc(CNC(=O)c2cc(S(=O)(=O)N3CCCCCC3)ccc2C)cc1. The summed E-state index contributed by atoms with van der Waals surface area (Å²) in [6.07, 6.45) is 3.89. The number of carbonyl (C=O) groups excluding carboxylic acids is 1. The van der Waals surface area contributed by atoms with E-state index in [4.69, 9.17) is 0 Å². The molecule has 0 aromatic heterocycles. The van der Waals surface area contributed by atoms with E-state index in [1.54, 1.807) is 16.4 Å². The minimum absolute atomic E-state index is 0.195. The molecule has 0 aliphatic carbocycles. The van der Waals surface area contributed by atoms with Crippen LogP contribution in [0, 0.1) is 13.8 Å². The predicted octanol–water partition coefficient (Wildman–Crippen LogP) is 3.80. The first kappa shape index (κ1) is 20.6. The summed E-state index contributed by atoms with van der Waals surface area (Å²) in [6, 6.07) is 12.8. The Balaban J connectivity index is 1.78. The lowest BCUT2D eigenvalue weighted by molar-refractivity contribution is 0.0950. The number of rotatable bonds is 5. The summed E-state index contributed by atoms with van der Waals surface area (Å²) >= 11 is 0. The van der Waals surface area contributed by atoms with Gasteiger partial charge in [0.1, 0.15) is 0 Å². The topological polar surface area (TPSA) is 66.5 Å². The van der Waals surface area contributed by atoms with Gasteiger partial charge < -0.3 is 5.32 Å². The highest BCUT2D eigenvalue weighted by Crippen LogP contribution is 2.22. The molecule has 28 heavy (non-hydrogen) atoms. The molecule has 1 aliphatic rings. The molecule has 1 N–H and O–H groups in total. The van der Waals surface area contributed by atoms with E-state index in [-0.39, 0.29) is 10.8 Å². The number of nitrogens with one attached hydrogen (secondary N) is 1. The van der Waals surface area contributed by atoms with Crippen LogP contribution in [-0.4, -0.2) is 31.7 Å². The van der Waals surface area contributed by atoms with Crippen LogP contribution in [0.25, 0.3) is 0 Å². The van der Waals surface area contributed by atoms with E-state index in [0.29, 0.717) is 25.2 Å². The highest BCUT2D eigenvalue weighted by molar-refractivity contribution is 7.89. The van der Waals surface area contributed by atoms with Crippen LogP contribution in [0.1, 0.15) is 52.7 Å². The summed E-state index contributed by atoms with van der Waals surface area (Å²) in [5.41, 5.74) is 3.33. The molecule has 2 aromatic carbocycles. The number of sulfonamides is 1. The van der Waals surface area contributed by atoms with E-state index < -0.39 is 10.0 Å². The smallest absolute Gasteiger partial charge is 0.251 e. The van der Waals surface area contributed by atoms with Gasteiger partial charge in [0.25, 0.3) is 5.91 Å². The molecule has 0 bridgehead atoms. The van der Waals surface area contributed by atoms with Crippen LogP contribution < -0.4 is 5.32 Å². The summed E-state index contributed by atoms with van der Waals surface area (Å²) in [7, 11) is -3.58. The Morgan fingerprint density at radius 3 is 2.25 bits per heavy atom. The molecular weight excluding hydrogens is 372 g/mol. The van der Waals surface area contributed by atoms with Gasteiger partial charge in [-0.15, -0.1) is 0 Å². The largest absolute Gasteiger partial charge is 0.348 e. The molecular formula is C22H28N2O3S. The Bertz CT molecular complexity index is 929. The molecule has 0 saturated carbocycles. The second kappa shape index (κ2) is 8.88. The maximum absolute atomic E-state index is 13.0. The molecule has 0 spiro atoms. The van der Waals surface area contributed by atoms with Crippen LogP contribution in [0.15, 0.2) is 47.4 Å². The van der Waals surface area contributed by atoms with Crippen molar-refractivity contribution in [2.75, 3.05) is 13.1 Å². The minimum atomic E-state index is -3.58. The summed E-state index contributed by atoms with van der Waals surface area (Å²) in [4.78, 5) is 12.9. The van der Waals surface area contributed by atoms with Gasteiger partial charge in [-0.2, -0.15) is 4.31 Å². The molecule has 0 atom stereocenters. The minimum Gasteiger partial charge on any atom is -0.348 e. The van der Waals surface area contributed by atoms with Gasteiger partial charge in [-0.25, -0.2) is 8.42 Å². The average Bonchev–Trinajstić information content (AvgIpc) is 2.97. The maximum Gasteiger partial charge on any atom is 0.251 e. The van der Waals surface area contributed by atoms with Crippen LogP contribution in [0.2, 0.25) is 0 Å². The normalized spacial score (nSPS) is 15.8. The van der Waals surface area contributed by atoms with E-state index in [0.717, 1.165) is 42.4 Å². The summed E-state index contributed by atoms with van der Waals surface area (Å²) in [5, 5.41) is 2.90. The van der Waals surface area contributed by atoms with Crippen molar-refractivity contribution in [3.63, 3.8) is 0 Å². The van der Waals surface area contributed by atoms with Gasteiger partial charge in [-0.05, 0) is 49.9 Å². The first-order valence-electron chi connectivity index (χ1n) is 9.82. The van der Waals surface area contributed by atoms with E-state index in [2.05, 4.69) is 5.32 Å². The first-order chi connectivity index (χ1) is 13.4. The third kappa shape index (κ3) is 4.80. The van der Waals surface area contributed by atoms with Crippen LogP contribution in [0.3, 0.4) is 0 Å². The lowest BCUT2D eigenvalue weighted by Crippen LogP contribution is -2.32. The molecule has 0 unspecified atom stereocenters. The zero-order valence-corrected chi connectivity index (χ0v) is 17.4. The zero-order valence-electron chi connectivity index (χ0n) is 16.6. The summed E-state index contributed by atoms with van der Waals surface area (Å²) in [5.74, 6) is -0.258. The molecule has 1 saturated heterocycles. The van der Waals surface area contributed by atoms with Crippen molar-refractivity contribution in [1.82, 2.24) is 9.62 Å². The van der Waals surface area contributed by atoms with Gasteiger partial charge in [0.2, 0.25) is 10.0 Å². The summed E-state index contributed by atoms with van der Waals surface area (Å²) in [6.45, 7) is 5.34. The predicted molar refractivity (Wildman–Crippen MR) is 111 cm³/mol. The molecule has 5 nitrogen and oxygen atoms in total. The number of amides is 1. The van der Waals surface area contributed by atoms with Gasteiger partial charge >= 0.3 is 0 Å². The molecule has 1 aliphatic heterocycles. The molecule has 2 aromatic rings. The Kier molecular flexibility index (Phi) is 6.52. The van der Waals surface area contributed by atoms with Crippen molar-refractivity contribution in [1.29, 1.82) is 0 Å². The van der Waals surface area contributed by atoms with Gasteiger partial charge in [0.15, 0.2) is 0 Å². The molecule has 0 radical (unpaired) electrons. The van der Waals surface area contributed by atoms with Crippen molar-refractivity contribution in [3.05, 3.63) is 64.7 Å². The van der Waals surface area contributed by atoms with Crippen molar-refractivity contribution in [3.8, 4) is 0 Å². The molecule has 1 amide bonds. The fourth-order valence-corrected chi connectivity index (χ4v) is 4.96. The van der Waals surface area contributed by atoms with Crippen LogP contribution in [0.5, 0.6) is 0 Å². The molecule has 1 heterocycles. The Morgan fingerprint density at radius 2 is 1.61 bits per heavy atom. The second-order valence-electron chi connectivity index (χ2n) is 7.46. The van der Waals surface area contributed by atoms with Gasteiger partial charge in [-0.3, -0.25) is 4.79 Å². The highest BCUT2D eigenvalue weighted by atomic mass is 32.2. The zero-order chi connectivity index (χ0) is 20.1. The van der Waals surface area contributed by atoms with Crippen molar-refractivity contribution < 1.29 is 13.2 Å². The lowest BCUT2D eigenvalue weighted by atomic mass is 10.1. The highest BCUT2D eigenvalue weighted by Gasteiger charge is 2.26. The quantitative estimate of drug-likeness (QED) is 0.830. The first-order valence-corrected chi connectivity index (χ1v) is 11.3. The fourth-order valence-electron chi connectivity index (χ4n) is 3.42. The molecule has 6 heteroatoms. The third-order valence-corrected chi connectivity index (χ3v) is 7.12. The van der Waals surface area contributed by atoms with Gasteiger partial charge in [0, 0.05) is 25.2 Å². The molecule has 3 rings (SSSR count). The average molecular weight is 401 g/mol. The Morgan fingerprint density at radius 1 is 0.964 bits per heavy atom. The Hall–Kier alpha value is -2.18. The standard InChI is InChI=1S/C22H28N2O3S/c1-17-7-10-19(11-8-17)16-23-22(25)21-15-20(12-9-18(21)2)28(26,27)24-13-5-3-4-6-14-24/h7-12,15H,3-6,13-14,16H2,1-2H3,(H,23,25). The van der Waals surface area contributed by atoms with Crippen LogP contribution >= 0.6 is 0 Å². The third-order valence-electron chi connectivity index (χ3n) is 5.23.